The first kappa shape index (κ1) is 55.1. The number of hydrogen-bond acceptors (Lipinski definition) is 13. The number of methoxy groups -OCH3 is 1. The molecule has 20 heteroatoms. The van der Waals surface area contributed by atoms with E-state index in [1.54, 1.807) is 97.2 Å². The van der Waals surface area contributed by atoms with Gasteiger partial charge in [-0.05, 0) is 132 Å². The molecule has 0 aliphatic carbocycles. The van der Waals surface area contributed by atoms with Crippen molar-refractivity contribution >= 4 is 65.6 Å². The van der Waals surface area contributed by atoms with Gasteiger partial charge in [0.05, 0.1) is 39.9 Å². The molecule has 6 aromatic carbocycles. The van der Waals surface area contributed by atoms with Gasteiger partial charge < -0.3 is 37.9 Å². The van der Waals surface area contributed by atoms with Crippen LogP contribution in [0, 0.1) is 0 Å². The van der Waals surface area contributed by atoms with Crippen molar-refractivity contribution in [2.45, 2.75) is 88.1 Å². The second kappa shape index (κ2) is 22.4. The number of sulfonamides is 2. The molecule has 8 aromatic rings. The quantitative estimate of drug-likeness (QED) is 0.0764. The van der Waals surface area contributed by atoms with Crippen LogP contribution in [0.4, 0.5) is 0 Å². The summed E-state index contributed by atoms with van der Waals surface area (Å²) in [6.45, 7) is 13.1. The van der Waals surface area contributed by atoms with E-state index in [1.165, 1.54) is 37.4 Å². The van der Waals surface area contributed by atoms with Crippen LogP contribution in [-0.4, -0.2) is 75.5 Å². The van der Waals surface area contributed by atoms with Gasteiger partial charge in [0.15, 0.2) is 23.0 Å². The van der Waals surface area contributed by atoms with Gasteiger partial charge in [0, 0.05) is 47.3 Å². The maximum absolute atomic E-state index is 13.9. The first-order valence-corrected chi connectivity index (χ1v) is 28.4. The lowest BCUT2D eigenvalue weighted by Crippen LogP contribution is -2.35. The average molecular weight is 1110 g/mol. The summed E-state index contributed by atoms with van der Waals surface area (Å²) < 4.78 is 88.3. The number of rotatable bonds is 16. The van der Waals surface area contributed by atoms with Crippen molar-refractivity contribution in [3.63, 3.8) is 0 Å². The average Bonchev–Trinajstić information content (AvgIpc) is 4.45. The monoisotopic (exact) mass is 1110 g/mol. The molecular weight excluding hydrogens is 1050 g/mol. The van der Waals surface area contributed by atoms with E-state index >= 15 is 0 Å². The number of ether oxygens (including phenoxy) is 5. The highest BCUT2D eigenvalue weighted by atomic mass is 32.2. The zero-order chi connectivity index (χ0) is 56.5. The van der Waals surface area contributed by atoms with Crippen molar-refractivity contribution in [1.82, 2.24) is 18.6 Å². The zero-order valence-electron chi connectivity index (χ0n) is 44.3. The van der Waals surface area contributed by atoms with Crippen molar-refractivity contribution in [1.29, 1.82) is 0 Å². The molecule has 2 aromatic heterocycles. The molecule has 0 radical (unpaired) electrons. The third kappa shape index (κ3) is 11.2. The van der Waals surface area contributed by atoms with E-state index in [-0.39, 0.29) is 40.8 Å². The summed E-state index contributed by atoms with van der Waals surface area (Å²) >= 11 is 0. The number of nitrogens with zero attached hydrogens (tertiary/aromatic N) is 2. The zero-order valence-corrected chi connectivity index (χ0v) is 45.9. The van der Waals surface area contributed by atoms with E-state index in [0.717, 1.165) is 11.1 Å². The van der Waals surface area contributed by atoms with E-state index < -0.39 is 55.6 Å². The van der Waals surface area contributed by atoms with E-state index in [2.05, 4.69) is 9.44 Å². The molecule has 10 rings (SSSR count). The largest absolute Gasteiger partial charge is 0.478 e. The minimum Gasteiger partial charge on any atom is -0.478 e. The minimum absolute atomic E-state index is 0.00612. The molecule has 79 heavy (non-hydrogen) atoms. The molecule has 3 N–H and O–H groups in total. The van der Waals surface area contributed by atoms with Gasteiger partial charge in [-0.15, -0.1) is 0 Å². The molecule has 0 saturated carbocycles. The molecule has 2 unspecified atom stereocenters. The Hall–Kier alpha value is -8.62. The van der Waals surface area contributed by atoms with E-state index in [1.807, 2.05) is 56.9 Å². The van der Waals surface area contributed by atoms with Gasteiger partial charge in [-0.3, -0.25) is 9.59 Å². The van der Waals surface area contributed by atoms with Crippen molar-refractivity contribution in [2.75, 3.05) is 20.7 Å². The van der Waals surface area contributed by atoms with E-state index in [0.29, 0.717) is 85.7 Å². The van der Waals surface area contributed by atoms with Crippen molar-refractivity contribution in [3.05, 3.63) is 178 Å². The fourth-order valence-electron chi connectivity index (χ4n) is 9.70. The molecule has 2 aliphatic rings. The van der Waals surface area contributed by atoms with E-state index in [9.17, 15) is 41.1 Å². The van der Waals surface area contributed by atoms with Crippen LogP contribution in [0.25, 0.3) is 21.8 Å². The number of carboxylic acids is 1. The van der Waals surface area contributed by atoms with Crippen LogP contribution >= 0.6 is 0 Å². The molecule has 4 heterocycles. The Balaban J connectivity index is 0.000000192. The normalized spacial score (nSPS) is 13.5. The number of aromatic carboxylic acids is 1. The van der Waals surface area contributed by atoms with Crippen LogP contribution in [0.15, 0.2) is 144 Å². The number of fused-ring (bicyclic) bond motifs is 4. The summed E-state index contributed by atoms with van der Waals surface area (Å²) in [6.07, 6.45) is 3.57. The highest BCUT2D eigenvalue weighted by Gasteiger charge is 2.34. The minimum atomic E-state index is -4.18. The second-order valence-electron chi connectivity index (χ2n) is 19.5. The number of carbonyl (C=O) groups excluding carboxylic acids is 3. The predicted octanol–water partition coefficient (Wildman–Crippen LogP) is 9.79. The number of aryl methyl sites for hydroxylation is 2. The molecule has 0 saturated heterocycles. The van der Waals surface area contributed by atoms with Crippen LogP contribution in [0.3, 0.4) is 0 Å². The lowest BCUT2D eigenvalue weighted by Gasteiger charge is -2.18. The lowest BCUT2D eigenvalue weighted by molar-refractivity contribution is -0.120. The number of nitrogens with one attached hydrogen (secondary N) is 2. The van der Waals surface area contributed by atoms with Gasteiger partial charge >= 0.3 is 11.9 Å². The van der Waals surface area contributed by atoms with E-state index in [4.69, 9.17) is 23.7 Å². The van der Waals surface area contributed by atoms with Crippen LogP contribution in [-0.2, 0) is 47.5 Å². The predicted molar refractivity (Wildman–Crippen MR) is 294 cm³/mol. The first-order chi connectivity index (χ1) is 37.7. The topological polar surface area (TPSA) is 237 Å². The summed E-state index contributed by atoms with van der Waals surface area (Å²) in [5, 5.41) is 10.8. The fraction of sp³-hybridized carbons (Fsp3) is 0.254. The summed E-state index contributed by atoms with van der Waals surface area (Å²) in [7, 11) is -7.04. The SMILES string of the molecule is CCn1cc(C(C(=O)NS(=O)(=O)c2ccc(C(C)C)cc2)c2ccc3c(c2)OCO3)c2ccc(C(=O)O)cc21.CCn1cc(C(C(=O)NS(=O)(=O)c2ccc(C(C)C)cc2)c2ccc3c(c2)OCO3)c2ccc(C(=O)OC)cc21. The number of benzene rings is 6. The Bertz CT molecular complexity index is 3900. The van der Waals surface area contributed by atoms with Crippen LogP contribution < -0.4 is 28.4 Å². The van der Waals surface area contributed by atoms with Crippen LogP contribution in [0.1, 0.15) is 119 Å². The number of carbonyl (C=O) groups is 4. The van der Waals surface area contributed by atoms with Crippen LogP contribution in [0.5, 0.6) is 23.0 Å². The number of carboxylic acid groups (broad SMARTS) is 1. The molecule has 0 bridgehead atoms. The van der Waals surface area contributed by atoms with Gasteiger partial charge in [0.2, 0.25) is 25.4 Å². The van der Waals surface area contributed by atoms with Gasteiger partial charge in [0.1, 0.15) is 0 Å². The maximum Gasteiger partial charge on any atom is 0.337 e. The highest BCUT2D eigenvalue weighted by molar-refractivity contribution is 7.90. The van der Waals surface area contributed by atoms with Crippen molar-refractivity contribution < 1.29 is 64.8 Å². The fourth-order valence-corrected chi connectivity index (χ4v) is 11.7. The molecule has 0 fully saturated rings. The van der Waals surface area contributed by atoms with Gasteiger partial charge in [-0.25, -0.2) is 35.9 Å². The summed E-state index contributed by atoms with van der Waals surface area (Å²) in [6, 6.07) is 32.8. The van der Waals surface area contributed by atoms with Crippen molar-refractivity contribution in [2.24, 2.45) is 0 Å². The summed E-state index contributed by atoms with van der Waals surface area (Å²) in [5.74, 6) is -2.64. The lowest BCUT2D eigenvalue weighted by atomic mass is 9.90. The highest BCUT2D eigenvalue weighted by Crippen LogP contribution is 2.41. The molecule has 410 valence electrons. The number of aromatic nitrogens is 2. The second-order valence-corrected chi connectivity index (χ2v) is 22.8. The summed E-state index contributed by atoms with van der Waals surface area (Å²) in [4.78, 5) is 51.6. The van der Waals surface area contributed by atoms with Gasteiger partial charge in [-0.2, -0.15) is 0 Å². The van der Waals surface area contributed by atoms with Crippen molar-refractivity contribution in [3.8, 4) is 23.0 Å². The number of esters is 1. The third-order valence-corrected chi connectivity index (χ3v) is 16.7. The Morgan fingerprint density at radius 3 is 1.29 bits per heavy atom. The molecule has 18 nitrogen and oxygen atoms in total. The molecule has 2 amide bonds. The molecule has 0 spiro atoms. The maximum atomic E-state index is 13.9. The third-order valence-electron chi connectivity index (χ3n) is 14.0. The van der Waals surface area contributed by atoms with Gasteiger partial charge in [-0.1, -0.05) is 76.2 Å². The Kier molecular flexibility index (Phi) is 15.6. The van der Waals surface area contributed by atoms with Gasteiger partial charge in [0.25, 0.3) is 20.0 Å². The summed E-state index contributed by atoms with van der Waals surface area (Å²) in [5.41, 5.74) is 5.92. The molecular formula is C59H58N4O14S2. The Labute approximate surface area is 456 Å². The smallest absolute Gasteiger partial charge is 0.337 e. The number of hydrogen-bond donors (Lipinski definition) is 3. The number of amides is 2. The molecule has 2 aliphatic heterocycles. The molecule has 2 atom stereocenters. The van der Waals surface area contributed by atoms with Crippen LogP contribution in [0.2, 0.25) is 0 Å². The Morgan fingerprint density at radius 1 is 0.532 bits per heavy atom. The first-order valence-electron chi connectivity index (χ1n) is 25.4. The Morgan fingerprint density at radius 2 is 0.911 bits per heavy atom. The standard InChI is InChI=1S/C30H30N2O7S.C29H28N2O7S/c1-5-32-16-24(23-12-8-21(14-25(23)32)30(34)37-4)28(20-9-13-26-27(15-20)39-17-38-26)29(33)31-40(35,36)22-10-6-19(7-11-22)18(2)3;1-4-31-15-23(22-11-7-20(29(33)34)13-24(22)31)27(19-8-12-25-26(14-19)38-16-37-25)28(32)30-39(35,36)21-9-5-18(6-10-21)17(2)3/h6-16,18,28H,5,17H2,1-4H3,(H,31,33);5-15,17,27H,4,16H2,1-3H3,(H,30,32)(H,33,34).